The molecule has 2 fully saturated rings. The highest BCUT2D eigenvalue weighted by molar-refractivity contribution is 5.82. The van der Waals surface area contributed by atoms with Gasteiger partial charge in [0, 0.05) is 26.2 Å². The molecule has 2 aliphatic rings. The monoisotopic (exact) mass is 254 g/mol. The lowest BCUT2D eigenvalue weighted by Crippen LogP contribution is -2.51. The second-order valence-corrected chi connectivity index (χ2v) is 5.85. The number of piperidine rings is 1. The van der Waals surface area contributed by atoms with Gasteiger partial charge in [0.2, 0.25) is 5.91 Å². The van der Waals surface area contributed by atoms with Crippen LogP contribution in [0.25, 0.3) is 0 Å². The summed E-state index contributed by atoms with van der Waals surface area (Å²) in [4.78, 5) is 14.8. The Morgan fingerprint density at radius 1 is 1.50 bits per heavy atom. The van der Waals surface area contributed by atoms with Gasteiger partial charge in [0.1, 0.15) is 0 Å². The molecule has 2 unspecified atom stereocenters. The van der Waals surface area contributed by atoms with Gasteiger partial charge in [-0.3, -0.25) is 4.79 Å². The number of rotatable bonds is 2. The summed E-state index contributed by atoms with van der Waals surface area (Å²) in [5.41, 5.74) is -0.207. The van der Waals surface area contributed by atoms with Gasteiger partial charge >= 0.3 is 0 Å². The van der Waals surface area contributed by atoms with Crippen LogP contribution < -0.4 is 5.32 Å². The number of carbonyl (C=O) groups excluding carboxylic acids is 1. The molecular formula is C14H26N2O2. The van der Waals surface area contributed by atoms with E-state index in [4.69, 9.17) is 4.74 Å². The van der Waals surface area contributed by atoms with Crippen LogP contribution in [-0.4, -0.2) is 49.7 Å². The normalized spacial score (nSPS) is 34.1. The molecular weight excluding hydrogens is 228 g/mol. The summed E-state index contributed by atoms with van der Waals surface area (Å²) in [7, 11) is 0. The van der Waals surface area contributed by atoms with Crippen molar-refractivity contribution in [2.45, 2.75) is 45.6 Å². The average Bonchev–Trinajstić information content (AvgIpc) is 2.64. The van der Waals surface area contributed by atoms with E-state index < -0.39 is 0 Å². The first-order valence-corrected chi connectivity index (χ1v) is 7.27. The first-order chi connectivity index (χ1) is 8.65. The smallest absolute Gasteiger partial charge is 0.229 e. The second kappa shape index (κ2) is 6.02. The summed E-state index contributed by atoms with van der Waals surface area (Å²) in [6.45, 7) is 8.51. The van der Waals surface area contributed by atoms with Gasteiger partial charge in [-0.25, -0.2) is 0 Å². The zero-order valence-electron chi connectivity index (χ0n) is 11.7. The predicted molar refractivity (Wildman–Crippen MR) is 71.4 cm³/mol. The fraction of sp³-hybridized carbons (Fsp3) is 0.929. The zero-order chi connectivity index (χ0) is 13.0. The average molecular weight is 254 g/mol. The van der Waals surface area contributed by atoms with Crippen LogP contribution in [0, 0.1) is 5.41 Å². The zero-order valence-corrected chi connectivity index (χ0v) is 11.7. The van der Waals surface area contributed by atoms with Crippen molar-refractivity contribution in [2.24, 2.45) is 5.41 Å². The van der Waals surface area contributed by atoms with Crippen LogP contribution >= 0.6 is 0 Å². The molecule has 2 heterocycles. The Hall–Kier alpha value is -0.610. The van der Waals surface area contributed by atoms with Crippen LogP contribution in [0.4, 0.5) is 0 Å². The van der Waals surface area contributed by atoms with E-state index in [1.54, 1.807) is 0 Å². The number of hydrogen-bond donors (Lipinski definition) is 1. The summed E-state index contributed by atoms with van der Waals surface area (Å²) in [5.74, 6) is 0.318. The van der Waals surface area contributed by atoms with E-state index in [1.165, 1.54) is 0 Å². The molecule has 0 aromatic heterocycles. The summed E-state index contributed by atoms with van der Waals surface area (Å²) >= 11 is 0. The van der Waals surface area contributed by atoms with E-state index in [1.807, 2.05) is 4.90 Å². The molecule has 104 valence electrons. The minimum Gasteiger partial charge on any atom is -0.376 e. The number of nitrogens with zero attached hydrogens (tertiary/aromatic N) is 1. The second-order valence-electron chi connectivity index (χ2n) is 5.85. The molecule has 0 bridgehead atoms. The van der Waals surface area contributed by atoms with Crippen molar-refractivity contribution in [3.63, 3.8) is 0 Å². The van der Waals surface area contributed by atoms with Gasteiger partial charge in [-0.1, -0.05) is 6.92 Å². The van der Waals surface area contributed by atoms with Crippen molar-refractivity contribution in [1.82, 2.24) is 10.2 Å². The molecule has 0 spiro atoms. The SMILES string of the molecule is CCC1CN(C(=O)C2(C)CCCNC2)CCCO1. The van der Waals surface area contributed by atoms with Crippen molar-refractivity contribution in [3.8, 4) is 0 Å². The van der Waals surface area contributed by atoms with Crippen molar-refractivity contribution in [2.75, 3.05) is 32.8 Å². The molecule has 2 atom stereocenters. The van der Waals surface area contributed by atoms with Gasteiger partial charge in [-0.15, -0.1) is 0 Å². The summed E-state index contributed by atoms with van der Waals surface area (Å²) < 4.78 is 5.74. The first-order valence-electron chi connectivity index (χ1n) is 7.27. The molecule has 2 rings (SSSR count). The number of hydrogen-bond acceptors (Lipinski definition) is 3. The van der Waals surface area contributed by atoms with E-state index in [9.17, 15) is 4.79 Å². The van der Waals surface area contributed by atoms with Gasteiger partial charge < -0.3 is 15.0 Å². The van der Waals surface area contributed by atoms with Gasteiger partial charge in [0.15, 0.2) is 0 Å². The maximum absolute atomic E-state index is 12.7. The van der Waals surface area contributed by atoms with Crippen LogP contribution in [0.1, 0.15) is 39.5 Å². The minimum atomic E-state index is -0.207. The highest BCUT2D eigenvalue weighted by Crippen LogP contribution is 2.28. The molecule has 0 aromatic carbocycles. The molecule has 4 nitrogen and oxygen atoms in total. The third-order valence-electron chi connectivity index (χ3n) is 4.21. The lowest BCUT2D eigenvalue weighted by Gasteiger charge is -2.37. The molecule has 0 radical (unpaired) electrons. The third-order valence-corrected chi connectivity index (χ3v) is 4.21. The maximum atomic E-state index is 12.7. The largest absolute Gasteiger partial charge is 0.376 e. The number of carbonyl (C=O) groups is 1. The number of nitrogens with one attached hydrogen (secondary N) is 1. The lowest BCUT2D eigenvalue weighted by molar-refractivity contribution is -0.143. The van der Waals surface area contributed by atoms with Crippen LogP contribution in [0.5, 0.6) is 0 Å². The van der Waals surface area contributed by atoms with E-state index in [0.717, 1.165) is 58.5 Å². The Morgan fingerprint density at radius 2 is 2.33 bits per heavy atom. The predicted octanol–water partition coefficient (Wildman–Crippen LogP) is 1.40. The fourth-order valence-corrected chi connectivity index (χ4v) is 2.95. The maximum Gasteiger partial charge on any atom is 0.229 e. The minimum absolute atomic E-state index is 0.207. The molecule has 0 saturated carbocycles. The van der Waals surface area contributed by atoms with E-state index in [0.29, 0.717) is 5.91 Å². The van der Waals surface area contributed by atoms with Crippen molar-refractivity contribution >= 4 is 5.91 Å². The van der Waals surface area contributed by atoms with E-state index >= 15 is 0 Å². The Morgan fingerprint density at radius 3 is 3.00 bits per heavy atom. The van der Waals surface area contributed by atoms with Crippen LogP contribution in [0.3, 0.4) is 0 Å². The highest BCUT2D eigenvalue weighted by Gasteiger charge is 2.38. The van der Waals surface area contributed by atoms with Crippen LogP contribution in [-0.2, 0) is 9.53 Å². The van der Waals surface area contributed by atoms with Crippen molar-refractivity contribution in [1.29, 1.82) is 0 Å². The van der Waals surface area contributed by atoms with Gasteiger partial charge in [-0.05, 0) is 39.2 Å². The summed E-state index contributed by atoms with van der Waals surface area (Å²) in [6.07, 6.45) is 4.28. The fourth-order valence-electron chi connectivity index (χ4n) is 2.95. The van der Waals surface area contributed by atoms with Crippen LogP contribution in [0.15, 0.2) is 0 Å². The first kappa shape index (κ1) is 13.8. The Kier molecular flexibility index (Phi) is 4.62. The van der Waals surface area contributed by atoms with Crippen molar-refractivity contribution < 1.29 is 9.53 Å². The standard InChI is InChI=1S/C14H26N2O2/c1-3-12-10-16(8-5-9-18-12)13(17)14(2)6-4-7-15-11-14/h12,15H,3-11H2,1-2H3. The molecule has 0 aromatic rings. The number of ether oxygens (including phenoxy) is 1. The van der Waals surface area contributed by atoms with E-state index in [-0.39, 0.29) is 11.5 Å². The Labute approximate surface area is 110 Å². The van der Waals surface area contributed by atoms with Gasteiger partial charge in [-0.2, -0.15) is 0 Å². The molecule has 1 N–H and O–H groups in total. The third kappa shape index (κ3) is 3.04. The summed E-state index contributed by atoms with van der Waals surface area (Å²) in [5, 5.41) is 3.36. The highest BCUT2D eigenvalue weighted by atomic mass is 16.5. The molecule has 1 amide bonds. The molecule has 2 aliphatic heterocycles. The van der Waals surface area contributed by atoms with E-state index in [2.05, 4.69) is 19.2 Å². The quantitative estimate of drug-likeness (QED) is 0.810. The Bertz CT molecular complexity index is 288. The lowest BCUT2D eigenvalue weighted by atomic mass is 9.81. The molecule has 18 heavy (non-hydrogen) atoms. The van der Waals surface area contributed by atoms with Gasteiger partial charge in [0.05, 0.1) is 11.5 Å². The van der Waals surface area contributed by atoms with Crippen molar-refractivity contribution in [3.05, 3.63) is 0 Å². The molecule has 4 heteroatoms. The Balaban J connectivity index is 2.01. The summed E-state index contributed by atoms with van der Waals surface area (Å²) in [6, 6.07) is 0. The molecule has 0 aliphatic carbocycles. The number of amides is 1. The topological polar surface area (TPSA) is 41.6 Å². The molecule has 2 saturated heterocycles. The van der Waals surface area contributed by atoms with Gasteiger partial charge in [0.25, 0.3) is 0 Å². The van der Waals surface area contributed by atoms with Crippen LogP contribution in [0.2, 0.25) is 0 Å².